The fourth-order valence-electron chi connectivity index (χ4n) is 0.840. The van der Waals surface area contributed by atoms with Gasteiger partial charge in [0.15, 0.2) is 5.50 Å². The van der Waals surface area contributed by atoms with E-state index in [2.05, 4.69) is 23.2 Å². The number of carbonyl (C=O) groups is 1. The number of hydrazone groups is 1. The molecule has 0 saturated carbocycles. The summed E-state index contributed by atoms with van der Waals surface area (Å²) >= 11 is 4.07. The molecule has 0 bridgehead atoms. The molecule has 0 saturated heterocycles. The van der Waals surface area contributed by atoms with Gasteiger partial charge in [-0.05, 0) is 6.92 Å². The first-order valence-corrected chi connectivity index (χ1v) is 3.42. The number of amides is 1. The van der Waals surface area contributed by atoms with Crippen LogP contribution in [0.15, 0.2) is 5.10 Å². The zero-order chi connectivity index (χ0) is 7.72. The first kappa shape index (κ1) is 7.40. The largest absolute Gasteiger partial charge is 0.276 e. The van der Waals surface area contributed by atoms with Crippen molar-refractivity contribution < 1.29 is 4.79 Å². The van der Waals surface area contributed by atoms with Crippen LogP contribution in [0.2, 0.25) is 0 Å². The van der Waals surface area contributed by atoms with Crippen molar-refractivity contribution in [3.05, 3.63) is 0 Å². The van der Waals surface area contributed by atoms with Crippen LogP contribution in [-0.4, -0.2) is 22.1 Å². The highest BCUT2D eigenvalue weighted by molar-refractivity contribution is 7.80. The number of nitrogens with one attached hydrogen (secondary N) is 1. The molecule has 1 N–H and O–H groups in total. The summed E-state index contributed by atoms with van der Waals surface area (Å²) < 4.78 is 0. The van der Waals surface area contributed by atoms with Crippen molar-refractivity contribution in [2.24, 2.45) is 5.10 Å². The summed E-state index contributed by atoms with van der Waals surface area (Å²) in [5, 5.41) is 3.82. The first-order valence-electron chi connectivity index (χ1n) is 2.90. The lowest BCUT2D eigenvalue weighted by atomic mass is 10.5. The van der Waals surface area contributed by atoms with Gasteiger partial charge >= 0.3 is 0 Å². The molecule has 0 aliphatic carbocycles. The fourth-order valence-corrected chi connectivity index (χ4v) is 1.23. The van der Waals surface area contributed by atoms with Crippen molar-refractivity contribution in [1.82, 2.24) is 10.3 Å². The van der Waals surface area contributed by atoms with E-state index in [0.717, 1.165) is 0 Å². The highest BCUT2D eigenvalue weighted by Gasteiger charge is 2.24. The molecule has 0 radical (unpaired) electrons. The van der Waals surface area contributed by atoms with Crippen molar-refractivity contribution in [2.75, 3.05) is 0 Å². The third-order valence-corrected chi connectivity index (χ3v) is 1.62. The van der Waals surface area contributed by atoms with E-state index in [4.69, 9.17) is 0 Å². The Morgan fingerprint density at radius 3 is 2.70 bits per heavy atom. The Bertz CT molecular complexity index is 191. The molecule has 0 aromatic rings. The van der Waals surface area contributed by atoms with E-state index < -0.39 is 0 Å². The predicted octanol–water partition coefficient (Wildman–Crippen LogP) is -0.0151. The molecular formula is C5H9N3OS. The number of nitrogens with zero attached hydrogens (tertiary/aromatic N) is 2. The number of rotatable bonds is 0. The van der Waals surface area contributed by atoms with Crippen LogP contribution in [-0.2, 0) is 4.79 Å². The number of amidine groups is 1. The Balaban J connectivity index is 2.74. The average molecular weight is 159 g/mol. The standard InChI is InChI=1S/C5H9N3OS/c1-3-6-7-5(10)8(3)4(2)9/h5,7,10H,1-2H3. The molecule has 1 rings (SSSR count). The molecule has 0 spiro atoms. The van der Waals surface area contributed by atoms with Crippen molar-refractivity contribution in [3.63, 3.8) is 0 Å². The Kier molecular flexibility index (Phi) is 1.85. The number of carbonyl (C=O) groups excluding carboxylic acids is 1. The molecule has 4 nitrogen and oxygen atoms in total. The van der Waals surface area contributed by atoms with Gasteiger partial charge < -0.3 is 0 Å². The molecular weight excluding hydrogens is 150 g/mol. The normalized spacial score (nSPS) is 24.1. The molecule has 0 fully saturated rings. The number of hydrogen-bond donors (Lipinski definition) is 2. The third kappa shape index (κ3) is 1.09. The Labute approximate surface area is 64.7 Å². The van der Waals surface area contributed by atoms with Crippen molar-refractivity contribution in [1.29, 1.82) is 0 Å². The molecule has 56 valence electrons. The van der Waals surface area contributed by atoms with Gasteiger partial charge in [-0.1, -0.05) is 0 Å². The summed E-state index contributed by atoms with van der Waals surface area (Å²) in [7, 11) is 0. The Morgan fingerprint density at radius 2 is 2.50 bits per heavy atom. The fraction of sp³-hybridized carbons (Fsp3) is 0.600. The average Bonchev–Trinajstić information content (AvgIpc) is 2.11. The summed E-state index contributed by atoms with van der Waals surface area (Å²) in [5.74, 6) is 0.610. The zero-order valence-corrected chi connectivity index (χ0v) is 6.72. The lowest BCUT2D eigenvalue weighted by molar-refractivity contribution is -0.125. The Hall–Kier alpha value is -0.710. The molecule has 1 unspecified atom stereocenters. The van der Waals surface area contributed by atoms with Crippen LogP contribution >= 0.6 is 12.6 Å². The van der Waals surface area contributed by atoms with Crippen molar-refractivity contribution in [3.8, 4) is 0 Å². The van der Waals surface area contributed by atoms with E-state index in [1.54, 1.807) is 6.92 Å². The van der Waals surface area contributed by atoms with E-state index in [1.807, 2.05) is 0 Å². The second-order valence-electron chi connectivity index (χ2n) is 2.05. The maximum atomic E-state index is 10.8. The molecule has 1 heterocycles. The molecule has 0 aromatic heterocycles. The van der Waals surface area contributed by atoms with E-state index in [0.29, 0.717) is 5.84 Å². The van der Waals surface area contributed by atoms with Crippen LogP contribution in [0.25, 0.3) is 0 Å². The van der Waals surface area contributed by atoms with Crippen LogP contribution in [0, 0.1) is 0 Å². The van der Waals surface area contributed by atoms with Crippen molar-refractivity contribution >= 4 is 24.4 Å². The second kappa shape index (κ2) is 2.49. The van der Waals surface area contributed by atoms with Crippen LogP contribution < -0.4 is 5.43 Å². The van der Waals surface area contributed by atoms with Gasteiger partial charge in [-0.15, -0.1) is 12.6 Å². The maximum Gasteiger partial charge on any atom is 0.227 e. The van der Waals surface area contributed by atoms with Crippen LogP contribution in [0.4, 0.5) is 0 Å². The van der Waals surface area contributed by atoms with E-state index >= 15 is 0 Å². The van der Waals surface area contributed by atoms with E-state index in [1.165, 1.54) is 11.8 Å². The molecule has 1 atom stereocenters. The molecule has 1 aliphatic heterocycles. The SMILES string of the molecule is CC(=O)N1C(C)=NNC1S. The second-order valence-corrected chi connectivity index (χ2v) is 2.54. The highest BCUT2D eigenvalue weighted by atomic mass is 32.1. The van der Waals surface area contributed by atoms with E-state index in [-0.39, 0.29) is 11.4 Å². The predicted molar refractivity (Wildman–Crippen MR) is 41.5 cm³/mol. The summed E-state index contributed by atoms with van der Waals surface area (Å²) in [6, 6.07) is 0. The summed E-state index contributed by atoms with van der Waals surface area (Å²) in [6.07, 6.45) is 0. The lowest BCUT2D eigenvalue weighted by Gasteiger charge is -2.17. The van der Waals surface area contributed by atoms with Crippen LogP contribution in [0.1, 0.15) is 13.8 Å². The maximum absolute atomic E-state index is 10.8. The summed E-state index contributed by atoms with van der Waals surface area (Å²) in [5.41, 5.74) is 2.36. The minimum atomic E-state index is -0.294. The Morgan fingerprint density at radius 1 is 1.90 bits per heavy atom. The minimum Gasteiger partial charge on any atom is -0.276 e. The molecule has 1 aliphatic rings. The minimum absolute atomic E-state index is 0.0498. The van der Waals surface area contributed by atoms with Gasteiger partial charge in [0.2, 0.25) is 5.91 Å². The zero-order valence-electron chi connectivity index (χ0n) is 5.83. The summed E-state index contributed by atoms with van der Waals surface area (Å²) in [4.78, 5) is 12.3. The lowest BCUT2D eigenvalue weighted by Crippen LogP contribution is -2.38. The van der Waals surface area contributed by atoms with Gasteiger partial charge in [0.05, 0.1) is 0 Å². The number of hydrogen-bond acceptors (Lipinski definition) is 4. The molecule has 0 aromatic carbocycles. The topological polar surface area (TPSA) is 44.7 Å². The number of thiol groups is 1. The third-order valence-electron chi connectivity index (χ3n) is 1.27. The van der Waals surface area contributed by atoms with Gasteiger partial charge in [-0.2, -0.15) is 5.10 Å². The van der Waals surface area contributed by atoms with Gasteiger partial charge in [0.25, 0.3) is 0 Å². The monoisotopic (exact) mass is 159 g/mol. The molecule has 10 heavy (non-hydrogen) atoms. The summed E-state index contributed by atoms with van der Waals surface area (Å²) in [6.45, 7) is 3.24. The van der Waals surface area contributed by atoms with E-state index in [9.17, 15) is 4.79 Å². The van der Waals surface area contributed by atoms with Crippen LogP contribution in [0.5, 0.6) is 0 Å². The smallest absolute Gasteiger partial charge is 0.227 e. The molecule has 5 heteroatoms. The van der Waals surface area contributed by atoms with Gasteiger partial charge in [0, 0.05) is 6.92 Å². The van der Waals surface area contributed by atoms with Gasteiger partial charge in [-0.3, -0.25) is 15.1 Å². The first-order chi connectivity index (χ1) is 4.63. The quantitative estimate of drug-likeness (QED) is 0.488. The van der Waals surface area contributed by atoms with Gasteiger partial charge in [0.1, 0.15) is 5.84 Å². The van der Waals surface area contributed by atoms with Crippen LogP contribution in [0.3, 0.4) is 0 Å². The van der Waals surface area contributed by atoms with Gasteiger partial charge in [-0.25, -0.2) is 0 Å². The molecule has 1 amide bonds. The van der Waals surface area contributed by atoms with Crippen molar-refractivity contribution in [2.45, 2.75) is 19.3 Å². The highest BCUT2D eigenvalue weighted by Crippen LogP contribution is 2.08.